The van der Waals surface area contributed by atoms with Gasteiger partial charge >= 0.3 is 5.97 Å². The summed E-state index contributed by atoms with van der Waals surface area (Å²) in [7, 11) is 0. The molecule has 250 valence electrons. The number of carbonyl (C=O) groups excluding carboxylic acids is 2. The van der Waals surface area contributed by atoms with E-state index in [4.69, 9.17) is 23.7 Å². The Hall–Kier alpha value is -2.14. The van der Waals surface area contributed by atoms with E-state index in [0.29, 0.717) is 51.6 Å². The van der Waals surface area contributed by atoms with Crippen molar-refractivity contribution in [2.75, 3.05) is 6.61 Å². The smallest absolute Gasteiger partial charge is 0.331 e. The lowest BCUT2D eigenvalue weighted by Gasteiger charge is -2.65. The molecule has 13 atom stereocenters. The molecule has 0 aromatic heterocycles. The monoisotopic (exact) mass is 636 g/mol. The summed E-state index contributed by atoms with van der Waals surface area (Å²) in [4.78, 5) is 25.1. The van der Waals surface area contributed by atoms with E-state index in [2.05, 4.69) is 6.92 Å². The van der Waals surface area contributed by atoms with Gasteiger partial charge in [-0.05, 0) is 88.5 Å². The zero-order valence-corrected chi connectivity index (χ0v) is 27.2. The number of cyclic esters (lactones) is 1. The Morgan fingerprint density at radius 3 is 2.48 bits per heavy atom. The molecule has 9 nitrogen and oxygen atoms in total. The fourth-order valence-corrected chi connectivity index (χ4v) is 11.5. The first-order valence-corrected chi connectivity index (χ1v) is 17.4. The van der Waals surface area contributed by atoms with Crippen molar-refractivity contribution in [1.82, 2.24) is 0 Å². The lowest BCUT2D eigenvalue weighted by Crippen LogP contribution is -2.69. The highest BCUT2D eigenvalue weighted by Gasteiger charge is 2.71. The molecule has 1 aromatic carbocycles. The van der Waals surface area contributed by atoms with E-state index in [-0.39, 0.29) is 48.1 Å². The van der Waals surface area contributed by atoms with Crippen molar-refractivity contribution >= 4 is 12.3 Å². The predicted molar refractivity (Wildman–Crippen MR) is 165 cm³/mol. The summed E-state index contributed by atoms with van der Waals surface area (Å²) in [5.74, 6) is -1.27. The van der Waals surface area contributed by atoms with E-state index in [1.807, 2.05) is 44.2 Å². The number of benzene rings is 1. The molecule has 1 unspecified atom stereocenters. The Kier molecular flexibility index (Phi) is 7.23. The van der Waals surface area contributed by atoms with E-state index < -0.39 is 34.1 Å². The Labute approximate surface area is 270 Å². The van der Waals surface area contributed by atoms with Crippen LogP contribution in [0.3, 0.4) is 0 Å². The number of hydrogen-bond acceptors (Lipinski definition) is 9. The Morgan fingerprint density at radius 2 is 1.74 bits per heavy atom. The molecule has 9 heteroatoms. The van der Waals surface area contributed by atoms with Gasteiger partial charge in [-0.2, -0.15) is 0 Å². The molecule has 0 bridgehead atoms. The van der Waals surface area contributed by atoms with Gasteiger partial charge in [0, 0.05) is 29.9 Å². The third-order valence-corrected chi connectivity index (χ3v) is 13.8. The number of rotatable bonds is 5. The first-order chi connectivity index (χ1) is 21.9. The van der Waals surface area contributed by atoms with Gasteiger partial charge in [0.2, 0.25) is 0 Å². The molecule has 0 spiro atoms. The zero-order chi connectivity index (χ0) is 32.1. The van der Waals surface area contributed by atoms with Crippen molar-refractivity contribution in [1.29, 1.82) is 0 Å². The van der Waals surface area contributed by atoms with Crippen LogP contribution in [-0.2, 0) is 39.1 Å². The molecule has 0 amide bonds. The van der Waals surface area contributed by atoms with Crippen LogP contribution < -0.4 is 0 Å². The minimum atomic E-state index is -1.21. The van der Waals surface area contributed by atoms with Crippen LogP contribution in [0.2, 0.25) is 0 Å². The van der Waals surface area contributed by atoms with Gasteiger partial charge in [0.1, 0.15) is 19.0 Å². The molecule has 6 fully saturated rings. The highest BCUT2D eigenvalue weighted by atomic mass is 16.8. The number of fused-ring (bicyclic) bond motifs is 6. The van der Waals surface area contributed by atoms with Gasteiger partial charge in [0.25, 0.3) is 0 Å². The highest BCUT2D eigenvalue weighted by Crippen LogP contribution is 2.70. The van der Waals surface area contributed by atoms with Crippen molar-refractivity contribution < 1.29 is 43.5 Å². The quantitative estimate of drug-likeness (QED) is 0.269. The summed E-state index contributed by atoms with van der Waals surface area (Å²) in [6.07, 6.45) is 7.33. The fraction of sp³-hybridized carbons (Fsp3) is 0.730. The number of carbonyl (C=O) groups is 2. The second-order valence-corrected chi connectivity index (χ2v) is 15.8. The standard InChI is InChI=1S/C37H48O9/c1-22-32-29(45-34(3,46-32)24-7-5-4-6-8-24)18-31(43-22)44-25-9-14-35(21-38)27-10-13-33(2)26(23-17-30(39)42-20-23)12-16-37(33,41)28(27)11-15-36(35,40)19-25/h4-8,17,21-22,25-29,31-32,40-41H,9-16,18-20H2,1-3H3/t22-,25+,26-,27+,28-,29+,31+,32-,33-,34?,35+,36+,37+/m1/s1. The molecular formula is C37H48O9. The summed E-state index contributed by atoms with van der Waals surface area (Å²) >= 11 is 0. The van der Waals surface area contributed by atoms with Crippen molar-refractivity contribution in [3.63, 3.8) is 0 Å². The molecule has 2 N–H and O–H groups in total. The van der Waals surface area contributed by atoms with Crippen molar-refractivity contribution in [2.24, 2.45) is 28.6 Å². The van der Waals surface area contributed by atoms with E-state index in [1.165, 1.54) is 0 Å². The maximum Gasteiger partial charge on any atom is 0.331 e. The predicted octanol–water partition coefficient (Wildman–Crippen LogP) is 4.71. The SMILES string of the molecule is C[C@H]1O[C@@H](O[C@H]2CC[C@]3(C=O)[C@H]4CC[C@]5(C)[C@@H](C6=CC(=O)OC6)CC[C@]5(O)[C@@H]4CC[C@]3(O)C2)C[C@@H]2OC(C)(c3ccccc3)O[C@@H]21. The molecule has 3 heterocycles. The van der Waals surface area contributed by atoms with E-state index in [9.17, 15) is 19.8 Å². The van der Waals surface area contributed by atoms with Crippen LogP contribution >= 0.6 is 0 Å². The zero-order valence-electron chi connectivity index (χ0n) is 27.2. The maximum atomic E-state index is 13.2. The normalized spacial score (nSPS) is 51.3. The number of aldehydes is 1. The first kappa shape index (κ1) is 31.1. The third-order valence-electron chi connectivity index (χ3n) is 13.8. The molecule has 7 aliphatic rings. The average molecular weight is 637 g/mol. The fourth-order valence-electron chi connectivity index (χ4n) is 11.5. The van der Waals surface area contributed by atoms with Gasteiger partial charge < -0.3 is 38.7 Å². The summed E-state index contributed by atoms with van der Waals surface area (Å²) in [6, 6.07) is 9.94. The average Bonchev–Trinajstić information content (AvgIpc) is 3.70. The van der Waals surface area contributed by atoms with Gasteiger partial charge in [-0.1, -0.05) is 37.3 Å². The molecule has 0 radical (unpaired) electrons. The Bertz CT molecular complexity index is 1410. The highest BCUT2D eigenvalue weighted by molar-refractivity contribution is 5.85. The Morgan fingerprint density at radius 1 is 0.957 bits per heavy atom. The van der Waals surface area contributed by atoms with Gasteiger partial charge in [-0.25, -0.2) is 4.79 Å². The van der Waals surface area contributed by atoms with E-state index in [0.717, 1.165) is 36.7 Å². The van der Waals surface area contributed by atoms with Crippen LogP contribution in [0.5, 0.6) is 0 Å². The van der Waals surface area contributed by atoms with E-state index in [1.54, 1.807) is 6.08 Å². The molecule has 4 aliphatic carbocycles. The van der Waals surface area contributed by atoms with Crippen LogP contribution in [-0.4, -0.2) is 71.0 Å². The molecule has 8 rings (SSSR count). The molecule has 2 saturated heterocycles. The molecule has 46 heavy (non-hydrogen) atoms. The Balaban J connectivity index is 0.969. The van der Waals surface area contributed by atoms with Gasteiger partial charge in [0.05, 0.1) is 34.9 Å². The molecular weight excluding hydrogens is 588 g/mol. The maximum absolute atomic E-state index is 13.2. The number of aliphatic hydroxyl groups is 2. The third kappa shape index (κ3) is 4.34. The van der Waals surface area contributed by atoms with E-state index >= 15 is 0 Å². The minimum absolute atomic E-state index is 0.0827. The van der Waals surface area contributed by atoms with Crippen LogP contribution in [0.25, 0.3) is 0 Å². The number of esters is 1. The molecule has 4 saturated carbocycles. The second kappa shape index (κ2) is 10.7. The van der Waals surface area contributed by atoms with Crippen LogP contribution in [0.1, 0.15) is 90.5 Å². The van der Waals surface area contributed by atoms with Crippen molar-refractivity contribution in [3.8, 4) is 0 Å². The molecule has 3 aliphatic heterocycles. The minimum Gasteiger partial charge on any atom is -0.458 e. The van der Waals surface area contributed by atoms with Gasteiger partial charge in [-0.3, -0.25) is 0 Å². The van der Waals surface area contributed by atoms with Gasteiger partial charge in [-0.15, -0.1) is 0 Å². The van der Waals surface area contributed by atoms with Crippen LogP contribution in [0, 0.1) is 28.6 Å². The van der Waals surface area contributed by atoms with Crippen molar-refractivity contribution in [2.45, 2.75) is 133 Å². The summed E-state index contributed by atoms with van der Waals surface area (Å²) in [6.45, 7) is 6.41. The number of hydrogen-bond donors (Lipinski definition) is 2. The van der Waals surface area contributed by atoms with Crippen LogP contribution in [0.4, 0.5) is 0 Å². The second-order valence-electron chi connectivity index (χ2n) is 15.8. The lowest BCUT2D eigenvalue weighted by atomic mass is 9.41. The topological polar surface area (TPSA) is 121 Å². The molecule has 1 aromatic rings. The van der Waals surface area contributed by atoms with Crippen molar-refractivity contribution in [3.05, 3.63) is 47.5 Å². The van der Waals surface area contributed by atoms with Gasteiger partial charge in [0.15, 0.2) is 12.1 Å². The summed E-state index contributed by atoms with van der Waals surface area (Å²) in [5, 5.41) is 24.9. The van der Waals surface area contributed by atoms with Crippen LogP contribution in [0.15, 0.2) is 42.0 Å². The number of ether oxygens (including phenoxy) is 5. The largest absolute Gasteiger partial charge is 0.458 e. The summed E-state index contributed by atoms with van der Waals surface area (Å²) in [5.41, 5.74) is -1.55. The first-order valence-electron chi connectivity index (χ1n) is 17.4. The lowest BCUT2D eigenvalue weighted by molar-refractivity contribution is -0.278. The summed E-state index contributed by atoms with van der Waals surface area (Å²) < 4.78 is 31.1.